The van der Waals surface area contributed by atoms with E-state index < -0.39 is 0 Å². The molecule has 0 saturated heterocycles. The van der Waals surface area contributed by atoms with E-state index in [0.29, 0.717) is 0 Å². The van der Waals surface area contributed by atoms with Gasteiger partial charge < -0.3 is 5.32 Å². The highest BCUT2D eigenvalue weighted by molar-refractivity contribution is 7.98. The number of aryl methyl sites for hydroxylation is 2. The number of thioether (sulfide) groups is 1. The Balaban J connectivity index is 2.22. The molecule has 4 heteroatoms. The minimum absolute atomic E-state index is 0.255. The Kier molecular flexibility index (Phi) is 4.20. The maximum absolute atomic E-state index is 4.48. The summed E-state index contributed by atoms with van der Waals surface area (Å²) in [6.07, 6.45) is 2.10. The van der Waals surface area contributed by atoms with Gasteiger partial charge in [0.1, 0.15) is 0 Å². The second-order valence-electron chi connectivity index (χ2n) is 4.81. The Morgan fingerprint density at radius 1 is 1.32 bits per heavy atom. The van der Waals surface area contributed by atoms with Crippen LogP contribution in [0.5, 0.6) is 0 Å². The SMILES string of the molecule is CSc1cccc(NC(C)c2c(C)nn(C)c2C)c1. The van der Waals surface area contributed by atoms with Crippen LogP contribution in [0.15, 0.2) is 29.2 Å². The number of aromatic nitrogens is 2. The van der Waals surface area contributed by atoms with Crippen molar-refractivity contribution in [3.8, 4) is 0 Å². The molecule has 0 amide bonds. The molecule has 1 heterocycles. The van der Waals surface area contributed by atoms with Gasteiger partial charge in [-0.15, -0.1) is 11.8 Å². The quantitative estimate of drug-likeness (QED) is 0.857. The van der Waals surface area contributed by atoms with E-state index in [1.807, 2.05) is 11.7 Å². The molecule has 2 rings (SSSR count). The molecule has 0 radical (unpaired) electrons. The van der Waals surface area contributed by atoms with Crippen molar-refractivity contribution >= 4 is 17.4 Å². The average Bonchev–Trinajstić information content (AvgIpc) is 2.63. The molecule has 102 valence electrons. The molecule has 1 unspecified atom stereocenters. The van der Waals surface area contributed by atoms with Crippen LogP contribution < -0.4 is 5.32 Å². The van der Waals surface area contributed by atoms with E-state index in [1.165, 1.54) is 16.2 Å². The Bertz CT molecular complexity index is 575. The second kappa shape index (κ2) is 5.70. The predicted molar refractivity (Wildman–Crippen MR) is 82.9 cm³/mol. The molecule has 19 heavy (non-hydrogen) atoms. The van der Waals surface area contributed by atoms with Crippen LogP contribution in [0.4, 0.5) is 5.69 Å². The zero-order chi connectivity index (χ0) is 14.0. The van der Waals surface area contributed by atoms with E-state index >= 15 is 0 Å². The van der Waals surface area contributed by atoms with E-state index in [9.17, 15) is 0 Å². The van der Waals surface area contributed by atoms with Crippen molar-refractivity contribution in [2.45, 2.75) is 31.7 Å². The molecule has 0 aliphatic carbocycles. The van der Waals surface area contributed by atoms with Crippen molar-refractivity contribution in [3.05, 3.63) is 41.2 Å². The monoisotopic (exact) mass is 275 g/mol. The normalized spacial score (nSPS) is 12.5. The lowest BCUT2D eigenvalue weighted by Crippen LogP contribution is -2.09. The highest BCUT2D eigenvalue weighted by Gasteiger charge is 2.16. The molecular formula is C15H21N3S. The summed E-state index contributed by atoms with van der Waals surface area (Å²) in [6, 6.07) is 8.76. The summed E-state index contributed by atoms with van der Waals surface area (Å²) < 4.78 is 1.95. The number of hydrogen-bond donors (Lipinski definition) is 1. The first-order valence-electron chi connectivity index (χ1n) is 6.43. The van der Waals surface area contributed by atoms with Gasteiger partial charge in [0.25, 0.3) is 0 Å². The number of benzene rings is 1. The third kappa shape index (κ3) is 2.95. The van der Waals surface area contributed by atoms with Crippen molar-refractivity contribution in [2.24, 2.45) is 7.05 Å². The molecule has 1 aromatic heterocycles. The van der Waals surface area contributed by atoms with Crippen molar-refractivity contribution in [1.82, 2.24) is 9.78 Å². The zero-order valence-corrected chi connectivity index (χ0v) is 13.0. The van der Waals surface area contributed by atoms with Gasteiger partial charge >= 0.3 is 0 Å². The molecule has 1 aromatic carbocycles. The maximum Gasteiger partial charge on any atom is 0.0649 e. The minimum atomic E-state index is 0.255. The van der Waals surface area contributed by atoms with Gasteiger partial charge in [0.2, 0.25) is 0 Å². The van der Waals surface area contributed by atoms with Crippen LogP contribution in [0.25, 0.3) is 0 Å². The summed E-state index contributed by atoms with van der Waals surface area (Å²) in [6.45, 7) is 6.37. The lowest BCUT2D eigenvalue weighted by atomic mass is 10.1. The number of hydrogen-bond acceptors (Lipinski definition) is 3. The molecule has 0 spiro atoms. The van der Waals surface area contributed by atoms with Gasteiger partial charge in [0, 0.05) is 28.9 Å². The van der Waals surface area contributed by atoms with Crippen LogP contribution in [0.3, 0.4) is 0 Å². The molecule has 1 atom stereocenters. The number of rotatable bonds is 4. The molecule has 2 aromatic rings. The summed E-state index contributed by atoms with van der Waals surface area (Å²) in [7, 11) is 1.99. The van der Waals surface area contributed by atoms with Crippen LogP contribution >= 0.6 is 11.8 Å². The van der Waals surface area contributed by atoms with Gasteiger partial charge in [-0.05, 0) is 45.2 Å². The summed E-state index contributed by atoms with van der Waals surface area (Å²) in [5.74, 6) is 0. The van der Waals surface area contributed by atoms with Crippen molar-refractivity contribution in [2.75, 3.05) is 11.6 Å². The number of nitrogens with one attached hydrogen (secondary N) is 1. The highest BCUT2D eigenvalue weighted by Crippen LogP contribution is 2.26. The van der Waals surface area contributed by atoms with Crippen LogP contribution in [0.1, 0.15) is 29.9 Å². The first kappa shape index (κ1) is 14.0. The van der Waals surface area contributed by atoms with Crippen LogP contribution in [-0.2, 0) is 7.05 Å². The molecule has 0 bridgehead atoms. The van der Waals surface area contributed by atoms with E-state index in [0.717, 1.165) is 11.4 Å². The molecule has 1 N–H and O–H groups in total. The van der Waals surface area contributed by atoms with Crippen LogP contribution in [-0.4, -0.2) is 16.0 Å². The molecule has 0 aliphatic heterocycles. The van der Waals surface area contributed by atoms with Crippen molar-refractivity contribution < 1.29 is 0 Å². The average molecular weight is 275 g/mol. The van der Waals surface area contributed by atoms with E-state index in [1.54, 1.807) is 11.8 Å². The second-order valence-corrected chi connectivity index (χ2v) is 5.69. The fraction of sp³-hybridized carbons (Fsp3) is 0.400. The molecular weight excluding hydrogens is 254 g/mol. The largest absolute Gasteiger partial charge is 0.378 e. The Hall–Kier alpha value is -1.42. The number of nitrogens with zero attached hydrogens (tertiary/aromatic N) is 2. The lowest BCUT2D eigenvalue weighted by Gasteiger charge is -2.16. The zero-order valence-electron chi connectivity index (χ0n) is 12.2. The van der Waals surface area contributed by atoms with Gasteiger partial charge in [0.05, 0.1) is 11.7 Å². The highest BCUT2D eigenvalue weighted by atomic mass is 32.2. The predicted octanol–water partition coefficient (Wildman–Crippen LogP) is 3.93. The molecule has 3 nitrogen and oxygen atoms in total. The summed E-state index contributed by atoms with van der Waals surface area (Å²) >= 11 is 1.76. The molecule has 0 aliphatic rings. The maximum atomic E-state index is 4.48. The Morgan fingerprint density at radius 2 is 2.05 bits per heavy atom. The summed E-state index contributed by atoms with van der Waals surface area (Å²) in [5, 5.41) is 8.04. The number of anilines is 1. The lowest BCUT2D eigenvalue weighted by molar-refractivity contribution is 0.728. The molecule has 0 saturated carbocycles. The van der Waals surface area contributed by atoms with Crippen molar-refractivity contribution in [1.29, 1.82) is 0 Å². The first-order valence-corrected chi connectivity index (χ1v) is 7.66. The smallest absolute Gasteiger partial charge is 0.0649 e. The van der Waals surface area contributed by atoms with Gasteiger partial charge in [-0.25, -0.2) is 0 Å². The summed E-state index contributed by atoms with van der Waals surface area (Å²) in [5.41, 5.74) is 4.76. The van der Waals surface area contributed by atoms with E-state index in [2.05, 4.69) is 61.7 Å². The topological polar surface area (TPSA) is 29.9 Å². The van der Waals surface area contributed by atoms with Gasteiger partial charge in [-0.1, -0.05) is 6.07 Å². The fourth-order valence-corrected chi connectivity index (χ4v) is 2.91. The fourth-order valence-electron chi connectivity index (χ4n) is 2.45. The van der Waals surface area contributed by atoms with Gasteiger partial charge in [-0.2, -0.15) is 5.10 Å². The van der Waals surface area contributed by atoms with Gasteiger partial charge in [-0.3, -0.25) is 4.68 Å². The minimum Gasteiger partial charge on any atom is -0.378 e. The third-order valence-electron chi connectivity index (χ3n) is 3.45. The van der Waals surface area contributed by atoms with Crippen molar-refractivity contribution in [3.63, 3.8) is 0 Å². The van der Waals surface area contributed by atoms with E-state index in [4.69, 9.17) is 0 Å². The van der Waals surface area contributed by atoms with Crippen LogP contribution in [0, 0.1) is 13.8 Å². The third-order valence-corrected chi connectivity index (χ3v) is 4.18. The first-order chi connectivity index (χ1) is 9.02. The Morgan fingerprint density at radius 3 is 2.63 bits per heavy atom. The standard InChI is InChI=1S/C15H21N3S/c1-10(15-11(2)17-18(4)12(15)3)16-13-7-6-8-14(9-13)19-5/h6-10,16H,1-5H3. The summed E-state index contributed by atoms with van der Waals surface area (Å²) in [4.78, 5) is 1.27. The Labute approximate surface area is 119 Å². The van der Waals surface area contributed by atoms with Crippen LogP contribution in [0.2, 0.25) is 0 Å². The molecule has 0 fully saturated rings. The van der Waals surface area contributed by atoms with E-state index in [-0.39, 0.29) is 6.04 Å². The van der Waals surface area contributed by atoms with Gasteiger partial charge in [0.15, 0.2) is 0 Å².